The summed E-state index contributed by atoms with van der Waals surface area (Å²) in [5, 5.41) is 2.51. The number of ether oxygens (including phenoxy) is 1. The van der Waals surface area contributed by atoms with Crippen molar-refractivity contribution in [1.29, 1.82) is 0 Å². The van der Waals surface area contributed by atoms with E-state index in [1.54, 1.807) is 12.1 Å². The van der Waals surface area contributed by atoms with Gasteiger partial charge in [0.25, 0.3) is 0 Å². The Bertz CT molecular complexity index is 725. The highest BCUT2D eigenvalue weighted by Gasteiger charge is 2.08. The van der Waals surface area contributed by atoms with Crippen molar-refractivity contribution in [2.75, 3.05) is 32.1 Å². The molecule has 0 aliphatic heterocycles. The highest BCUT2D eigenvalue weighted by Crippen LogP contribution is 2.13. The Hall–Kier alpha value is -2.54. The van der Waals surface area contributed by atoms with Gasteiger partial charge in [-0.3, -0.25) is 4.79 Å². The van der Waals surface area contributed by atoms with Gasteiger partial charge in [-0.05, 0) is 31.3 Å². The molecule has 4 nitrogen and oxygen atoms in total. The van der Waals surface area contributed by atoms with Gasteiger partial charge in [0.1, 0.15) is 18.2 Å². The first-order valence-corrected chi connectivity index (χ1v) is 7.76. The van der Waals surface area contributed by atoms with Gasteiger partial charge in [-0.2, -0.15) is 0 Å². The third-order valence-electron chi connectivity index (χ3n) is 3.46. The third kappa shape index (κ3) is 6.46. The van der Waals surface area contributed by atoms with Crippen molar-refractivity contribution in [2.24, 2.45) is 0 Å². The molecular formula is C18H19F3N2O2. The second-order valence-corrected chi connectivity index (χ2v) is 5.54. The van der Waals surface area contributed by atoms with Gasteiger partial charge in [0.05, 0.1) is 0 Å². The second-order valence-electron chi connectivity index (χ2n) is 5.54. The molecule has 0 unspecified atom stereocenters. The Morgan fingerprint density at radius 1 is 1.08 bits per heavy atom. The highest BCUT2D eigenvalue weighted by molar-refractivity contribution is 5.90. The molecule has 7 heteroatoms. The van der Waals surface area contributed by atoms with E-state index < -0.39 is 11.6 Å². The summed E-state index contributed by atoms with van der Waals surface area (Å²) in [5.74, 6) is -2.19. The predicted molar refractivity (Wildman–Crippen MR) is 89.0 cm³/mol. The van der Waals surface area contributed by atoms with Crippen molar-refractivity contribution >= 4 is 11.6 Å². The van der Waals surface area contributed by atoms with Crippen LogP contribution in [0.5, 0.6) is 5.75 Å². The van der Waals surface area contributed by atoms with Gasteiger partial charge >= 0.3 is 0 Å². The monoisotopic (exact) mass is 352 g/mol. The third-order valence-corrected chi connectivity index (χ3v) is 3.46. The van der Waals surface area contributed by atoms with Crippen LogP contribution in [-0.2, 0) is 4.79 Å². The van der Waals surface area contributed by atoms with Gasteiger partial charge in [-0.1, -0.05) is 6.07 Å². The Morgan fingerprint density at radius 2 is 1.88 bits per heavy atom. The summed E-state index contributed by atoms with van der Waals surface area (Å²) in [6.45, 7) is 1.36. The Labute approximate surface area is 144 Å². The summed E-state index contributed by atoms with van der Waals surface area (Å²) in [6.07, 6.45) is 0.190. The molecule has 0 aliphatic carbocycles. The van der Waals surface area contributed by atoms with Crippen LogP contribution < -0.4 is 10.1 Å². The van der Waals surface area contributed by atoms with Crippen molar-refractivity contribution in [1.82, 2.24) is 4.90 Å². The van der Waals surface area contributed by atoms with Gasteiger partial charge < -0.3 is 15.0 Å². The molecule has 0 fully saturated rings. The number of hydrogen-bond donors (Lipinski definition) is 1. The van der Waals surface area contributed by atoms with E-state index in [0.29, 0.717) is 25.4 Å². The molecule has 0 spiro atoms. The lowest BCUT2D eigenvalue weighted by Crippen LogP contribution is -2.28. The summed E-state index contributed by atoms with van der Waals surface area (Å²) < 4.78 is 44.3. The zero-order chi connectivity index (χ0) is 18.2. The normalized spacial score (nSPS) is 10.8. The number of carbonyl (C=O) groups excluding carboxylic acids is 1. The molecule has 25 heavy (non-hydrogen) atoms. The van der Waals surface area contributed by atoms with E-state index in [1.807, 2.05) is 11.9 Å². The fraction of sp³-hybridized carbons (Fsp3) is 0.278. The van der Waals surface area contributed by atoms with E-state index in [2.05, 4.69) is 5.32 Å². The minimum absolute atomic E-state index is 0.190. The Balaban J connectivity index is 1.67. The Kier molecular flexibility index (Phi) is 6.82. The maximum Gasteiger partial charge on any atom is 0.225 e. The van der Waals surface area contributed by atoms with Crippen LogP contribution in [0.15, 0.2) is 42.5 Å². The molecule has 1 amide bonds. The van der Waals surface area contributed by atoms with Crippen molar-refractivity contribution < 1.29 is 22.7 Å². The average Bonchev–Trinajstić information content (AvgIpc) is 2.56. The number of likely N-dealkylation sites (N-methyl/N-ethyl adjacent to an activating group) is 1. The van der Waals surface area contributed by atoms with Gasteiger partial charge in [0.15, 0.2) is 11.6 Å². The van der Waals surface area contributed by atoms with Crippen molar-refractivity contribution in [3.8, 4) is 5.75 Å². The van der Waals surface area contributed by atoms with Crippen LogP contribution in [0.4, 0.5) is 18.9 Å². The molecule has 1 N–H and O–H groups in total. The van der Waals surface area contributed by atoms with Crippen LogP contribution in [0.1, 0.15) is 6.42 Å². The summed E-state index contributed by atoms with van der Waals surface area (Å²) in [4.78, 5) is 13.7. The molecule has 0 atom stereocenters. The van der Waals surface area contributed by atoms with Crippen molar-refractivity contribution in [3.05, 3.63) is 59.9 Å². The summed E-state index contributed by atoms with van der Waals surface area (Å²) in [7, 11) is 1.82. The molecule has 2 aromatic carbocycles. The van der Waals surface area contributed by atoms with E-state index in [-0.39, 0.29) is 23.8 Å². The summed E-state index contributed by atoms with van der Waals surface area (Å²) in [6, 6.07) is 9.06. The lowest BCUT2D eigenvalue weighted by atomic mass is 10.3. The molecule has 0 aromatic heterocycles. The molecular weight excluding hydrogens is 333 g/mol. The summed E-state index contributed by atoms with van der Waals surface area (Å²) in [5.41, 5.74) is 0.209. The molecule has 2 rings (SSSR count). The minimum atomic E-state index is -1.01. The van der Waals surface area contributed by atoms with Crippen LogP contribution >= 0.6 is 0 Å². The minimum Gasteiger partial charge on any atom is -0.492 e. The largest absolute Gasteiger partial charge is 0.492 e. The molecule has 0 radical (unpaired) electrons. The van der Waals surface area contributed by atoms with Crippen LogP contribution in [0.25, 0.3) is 0 Å². The number of halogens is 3. The second kappa shape index (κ2) is 9.08. The lowest BCUT2D eigenvalue weighted by molar-refractivity contribution is -0.116. The number of rotatable bonds is 8. The number of carbonyl (C=O) groups is 1. The molecule has 134 valence electrons. The maximum absolute atomic E-state index is 13.1. The van der Waals surface area contributed by atoms with Gasteiger partial charge in [0.2, 0.25) is 5.91 Å². The quantitative estimate of drug-likeness (QED) is 0.791. The number of hydrogen-bond acceptors (Lipinski definition) is 3. The van der Waals surface area contributed by atoms with Crippen LogP contribution in [0.2, 0.25) is 0 Å². The topological polar surface area (TPSA) is 41.6 Å². The van der Waals surface area contributed by atoms with E-state index in [9.17, 15) is 18.0 Å². The van der Waals surface area contributed by atoms with E-state index in [4.69, 9.17) is 4.74 Å². The fourth-order valence-electron chi connectivity index (χ4n) is 2.08. The van der Waals surface area contributed by atoms with E-state index >= 15 is 0 Å². The zero-order valence-electron chi connectivity index (χ0n) is 13.8. The average molecular weight is 352 g/mol. The number of anilines is 1. The van der Waals surface area contributed by atoms with Crippen LogP contribution in [-0.4, -0.2) is 37.6 Å². The standard InChI is InChI=1S/C18H19F3N2O2/c1-23(9-10-25-15-4-2-3-13(19)11-15)8-7-18(24)22-14-5-6-16(20)17(21)12-14/h2-6,11-12H,7-10H2,1H3,(H,22,24). The van der Waals surface area contributed by atoms with Crippen LogP contribution in [0.3, 0.4) is 0 Å². The smallest absolute Gasteiger partial charge is 0.225 e. The van der Waals surface area contributed by atoms with Gasteiger partial charge in [-0.25, -0.2) is 13.2 Å². The number of amides is 1. The lowest BCUT2D eigenvalue weighted by Gasteiger charge is -2.16. The number of benzene rings is 2. The zero-order valence-corrected chi connectivity index (χ0v) is 13.8. The Morgan fingerprint density at radius 3 is 2.60 bits per heavy atom. The molecule has 0 saturated heterocycles. The van der Waals surface area contributed by atoms with Gasteiger partial charge in [-0.15, -0.1) is 0 Å². The van der Waals surface area contributed by atoms with Crippen LogP contribution in [0, 0.1) is 17.5 Å². The fourth-order valence-corrected chi connectivity index (χ4v) is 2.08. The van der Waals surface area contributed by atoms with E-state index in [1.165, 1.54) is 18.2 Å². The molecule has 0 saturated carbocycles. The maximum atomic E-state index is 13.1. The first-order chi connectivity index (χ1) is 11.9. The number of nitrogens with one attached hydrogen (secondary N) is 1. The molecule has 0 heterocycles. The predicted octanol–water partition coefficient (Wildman–Crippen LogP) is 3.44. The molecule has 0 bridgehead atoms. The summed E-state index contributed by atoms with van der Waals surface area (Å²) >= 11 is 0. The van der Waals surface area contributed by atoms with Gasteiger partial charge in [0, 0.05) is 37.3 Å². The van der Waals surface area contributed by atoms with Crippen molar-refractivity contribution in [3.63, 3.8) is 0 Å². The highest BCUT2D eigenvalue weighted by atomic mass is 19.2. The first-order valence-electron chi connectivity index (χ1n) is 7.76. The molecule has 0 aliphatic rings. The first kappa shape index (κ1) is 18.8. The molecule has 2 aromatic rings. The van der Waals surface area contributed by atoms with E-state index in [0.717, 1.165) is 12.1 Å². The van der Waals surface area contributed by atoms with Crippen molar-refractivity contribution in [2.45, 2.75) is 6.42 Å². The SMILES string of the molecule is CN(CCOc1cccc(F)c1)CCC(=O)Nc1ccc(F)c(F)c1. The number of nitrogens with zero attached hydrogens (tertiary/aromatic N) is 1.